The van der Waals surface area contributed by atoms with Crippen LogP contribution >= 0.6 is 12.2 Å². The highest BCUT2D eigenvalue weighted by Gasteiger charge is 2.03. The second-order valence-electron chi connectivity index (χ2n) is 7.81. The molecule has 0 aliphatic carbocycles. The molecule has 8 nitrogen and oxygen atoms in total. The Kier molecular flexibility index (Phi) is 14.7. The fraction of sp³-hybridized carbons (Fsp3) is 0.0690. The molecule has 0 radical (unpaired) electrons. The summed E-state index contributed by atoms with van der Waals surface area (Å²) in [6.07, 6.45) is 0.652. The predicted molar refractivity (Wildman–Crippen MR) is 162 cm³/mol. The van der Waals surface area contributed by atoms with Crippen molar-refractivity contribution in [1.82, 2.24) is 16.3 Å². The Labute approximate surface area is 239 Å². The minimum Gasteiger partial charge on any atom is -0.331 e. The summed E-state index contributed by atoms with van der Waals surface area (Å²) >= 11 is 9.53. The number of nitrogens with zero attached hydrogens (tertiary/aromatic N) is 1. The largest absolute Gasteiger partial charge is 0.331 e. The third kappa shape index (κ3) is 14.1. The van der Waals surface area contributed by atoms with Crippen LogP contribution in [0.2, 0.25) is 0 Å². The van der Waals surface area contributed by atoms with Crippen LogP contribution in [0.5, 0.6) is 0 Å². The lowest BCUT2D eigenvalue weighted by Gasteiger charge is -2.11. The molecule has 4 aromatic carbocycles. The van der Waals surface area contributed by atoms with Gasteiger partial charge in [0.2, 0.25) is 11.8 Å². The maximum atomic E-state index is 11.7. The van der Waals surface area contributed by atoms with Crippen molar-refractivity contribution in [3.05, 3.63) is 132 Å². The van der Waals surface area contributed by atoms with Gasteiger partial charge < -0.3 is 5.32 Å². The van der Waals surface area contributed by atoms with Crippen molar-refractivity contribution >= 4 is 52.9 Å². The van der Waals surface area contributed by atoms with Gasteiger partial charge in [-0.15, -0.1) is 0 Å². The summed E-state index contributed by atoms with van der Waals surface area (Å²) in [6, 6.07) is 38.0. The van der Waals surface area contributed by atoms with Crippen LogP contribution in [0.25, 0.3) is 0 Å². The molecule has 0 spiro atoms. The number of carbonyl (C=O) groups excluding carboxylic acids is 2. The van der Waals surface area contributed by atoms with Gasteiger partial charge in [-0.25, -0.2) is 5.84 Å². The highest BCUT2D eigenvalue weighted by molar-refractivity contribution is 7.80. The predicted octanol–water partition coefficient (Wildman–Crippen LogP) is 4.51. The number of amides is 2. The molecule has 39 heavy (non-hydrogen) atoms. The molecule has 2 amide bonds. The summed E-state index contributed by atoms with van der Waals surface area (Å²) in [7, 11) is 0. The van der Waals surface area contributed by atoms with Gasteiger partial charge in [0.15, 0.2) is 5.11 Å². The Bertz CT molecular complexity index is 1220. The average Bonchev–Trinajstić information content (AvgIpc) is 2.99. The van der Waals surface area contributed by atoms with Gasteiger partial charge in [-0.05, 0) is 47.6 Å². The van der Waals surface area contributed by atoms with E-state index < -0.39 is 0 Å². The molecule has 0 fully saturated rings. The monoisotopic (exact) mass is 558 g/mol. The zero-order valence-corrected chi connectivity index (χ0v) is 22.8. The molecular formula is C29H30N6O2S2. The number of hydrogen-bond donors (Lipinski definition) is 5. The molecule has 0 unspecified atom stereocenters. The van der Waals surface area contributed by atoms with Gasteiger partial charge in [0, 0.05) is 18.1 Å². The third-order valence-electron chi connectivity index (χ3n) is 4.78. The number of rotatable bonds is 6. The lowest BCUT2D eigenvalue weighted by Crippen LogP contribution is -2.44. The molecular weight excluding hydrogens is 528 g/mol. The average molecular weight is 559 g/mol. The molecule has 0 aliphatic rings. The lowest BCUT2D eigenvalue weighted by atomic mass is 10.1. The summed E-state index contributed by atoms with van der Waals surface area (Å²) in [5.74, 6) is 4.61. The van der Waals surface area contributed by atoms with Gasteiger partial charge in [0.25, 0.3) is 0 Å². The molecule has 200 valence electrons. The first-order valence-electron chi connectivity index (χ1n) is 11.9. The highest BCUT2D eigenvalue weighted by atomic mass is 32.1. The number of thiocarbonyl (C=S) groups is 1. The summed E-state index contributed by atoms with van der Waals surface area (Å²) in [5.41, 5.74) is 10.9. The Morgan fingerprint density at radius 3 is 1.51 bits per heavy atom. The highest BCUT2D eigenvalue weighted by Crippen LogP contribution is 2.07. The van der Waals surface area contributed by atoms with Crippen LogP contribution in [0.4, 0.5) is 11.4 Å². The van der Waals surface area contributed by atoms with Crippen molar-refractivity contribution in [3.63, 3.8) is 0 Å². The van der Waals surface area contributed by atoms with E-state index in [1.54, 1.807) is 0 Å². The smallest absolute Gasteiger partial charge is 0.242 e. The summed E-state index contributed by atoms with van der Waals surface area (Å²) in [4.78, 5) is 22.5. The van der Waals surface area contributed by atoms with Crippen molar-refractivity contribution in [2.75, 3.05) is 5.32 Å². The molecule has 4 aromatic rings. The Morgan fingerprint density at radius 1 is 0.641 bits per heavy atom. The van der Waals surface area contributed by atoms with E-state index in [1.807, 2.05) is 121 Å². The van der Waals surface area contributed by atoms with Crippen LogP contribution in [0.15, 0.2) is 126 Å². The molecule has 10 heteroatoms. The van der Waals surface area contributed by atoms with E-state index in [2.05, 4.69) is 38.4 Å². The van der Waals surface area contributed by atoms with Gasteiger partial charge in [-0.3, -0.25) is 25.9 Å². The summed E-state index contributed by atoms with van der Waals surface area (Å²) < 4.78 is 3.55. The van der Waals surface area contributed by atoms with E-state index >= 15 is 0 Å². The Balaban J connectivity index is 0.000000234. The quantitative estimate of drug-likeness (QED) is 0.102. The van der Waals surface area contributed by atoms with Gasteiger partial charge >= 0.3 is 0 Å². The number of benzene rings is 4. The van der Waals surface area contributed by atoms with Crippen molar-refractivity contribution < 1.29 is 9.59 Å². The number of carbonyl (C=O) groups is 2. The number of hydrazine groups is 2. The standard InChI is InChI=1S/C15H15N3OS.C8H10N2O.C6H5NS/c19-14(11-12-7-3-1-4-8-12)17-18-15(20)16-13-9-5-2-6-10-13;9-10-8(11)6-7-4-2-1-3-5-7;8-7-6-4-2-1-3-5-6/h1-10H,11H2,(H,17,19)(H2,16,18,20);1-5H,6,9H2,(H,10,11);1-5H. The van der Waals surface area contributed by atoms with E-state index in [9.17, 15) is 9.59 Å². The van der Waals surface area contributed by atoms with Gasteiger partial charge in [-0.2, -0.15) is 4.36 Å². The molecule has 0 atom stereocenters. The molecule has 0 saturated heterocycles. The van der Waals surface area contributed by atoms with Gasteiger partial charge in [0.1, 0.15) is 0 Å². The van der Waals surface area contributed by atoms with E-state index in [0.29, 0.717) is 18.0 Å². The second kappa shape index (κ2) is 18.7. The molecule has 0 bridgehead atoms. The molecule has 0 heterocycles. The lowest BCUT2D eigenvalue weighted by molar-refractivity contribution is -0.121. The fourth-order valence-corrected chi connectivity index (χ4v) is 3.25. The number of nitrogens with two attached hydrogens (primary N) is 1. The number of anilines is 1. The van der Waals surface area contributed by atoms with Crippen LogP contribution in [-0.4, -0.2) is 16.9 Å². The minimum atomic E-state index is -0.170. The van der Waals surface area contributed by atoms with Crippen molar-refractivity contribution in [3.8, 4) is 0 Å². The van der Waals surface area contributed by atoms with Gasteiger partial charge in [-0.1, -0.05) is 97.1 Å². The van der Waals surface area contributed by atoms with Crippen molar-refractivity contribution in [2.45, 2.75) is 12.8 Å². The zero-order valence-electron chi connectivity index (χ0n) is 21.1. The molecule has 6 N–H and O–H groups in total. The Morgan fingerprint density at radius 2 is 1.08 bits per heavy atom. The molecule has 0 aromatic heterocycles. The number of para-hydroxylation sites is 1. The second-order valence-corrected chi connectivity index (χ2v) is 8.40. The maximum Gasteiger partial charge on any atom is 0.242 e. The zero-order chi connectivity index (χ0) is 28.1. The SMILES string of the molecule is NNC(=O)Cc1ccccc1.O=C(Cc1ccccc1)NNC(=S)Nc1ccccc1.S=Nc1ccccc1. The van der Waals surface area contributed by atoms with Crippen LogP contribution in [0.3, 0.4) is 0 Å². The minimum absolute atomic E-state index is 0.145. The fourth-order valence-electron chi connectivity index (χ4n) is 2.96. The van der Waals surface area contributed by atoms with Gasteiger partial charge in [0.05, 0.1) is 18.5 Å². The molecule has 0 aliphatic heterocycles. The summed E-state index contributed by atoms with van der Waals surface area (Å²) in [5, 5.41) is 3.31. The van der Waals surface area contributed by atoms with Crippen molar-refractivity contribution in [2.24, 2.45) is 10.2 Å². The normalized spacial score (nSPS) is 9.26. The first-order chi connectivity index (χ1) is 19.0. The van der Waals surface area contributed by atoms with E-state index in [4.69, 9.17) is 18.1 Å². The van der Waals surface area contributed by atoms with Crippen molar-refractivity contribution in [1.29, 1.82) is 0 Å². The topological polar surface area (TPSA) is 121 Å². The Hall–Kier alpha value is -4.51. The van der Waals surface area contributed by atoms with E-state index in [0.717, 1.165) is 22.5 Å². The van der Waals surface area contributed by atoms with Crippen LogP contribution < -0.4 is 27.4 Å². The van der Waals surface area contributed by atoms with Crippen LogP contribution in [0.1, 0.15) is 11.1 Å². The first-order valence-corrected chi connectivity index (χ1v) is 12.6. The number of nitrogens with one attached hydrogen (secondary N) is 4. The summed E-state index contributed by atoms with van der Waals surface area (Å²) in [6.45, 7) is 0. The molecule has 4 rings (SSSR count). The third-order valence-corrected chi connectivity index (χ3v) is 5.20. The first kappa shape index (κ1) is 30.7. The number of hydrogen-bond acceptors (Lipinski definition) is 6. The molecule has 0 saturated carbocycles. The maximum absolute atomic E-state index is 11.7. The van der Waals surface area contributed by atoms with E-state index in [-0.39, 0.29) is 11.8 Å². The van der Waals surface area contributed by atoms with Crippen LogP contribution in [-0.2, 0) is 34.9 Å². The van der Waals surface area contributed by atoms with E-state index in [1.165, 1.54) is 0 Å². The van der Waals surface area contributed by atoms with Crippen LogP contribution in [0, 0.1) is 0 Å².